The van der Waals surface area contributed by atoms with Gasteiger partial charge in [-0.1, -0.05) is 0 Å². The average Bonchev–Trinajstić information content (AvgIpc) is 2.78. The van der Waals surface area contributed by atoms with Crippen LogP contribution in [0.3, 0.4) is 0 Å². The number of hydrogen-bond acceptors (Lipinski definition) is 5. The number of anilines is 2. The lowest BCUT2D eigenvalue weighted by atomic mass is 10.2. The van der Waals surface area contributed by atoms with Gasteiger partial charge in [-0.25, -0.2) is 9.78 Å². The highest BCUT2D eigenvalue weighted by Gasteiger charge is 2.28. The van der Waals surface area contributed by atoms with Gasteiger partial charge >= 0.3 is 5.97 Å². The minimum atomic E-state index is -1.05. The van der Waals surface area contributed by atoms with Crippen molar-refractivity contribution in [2.75, 3.05) is 18.2 Å². The fourth-order valence-electron chi connectivity index (χ4n) is 2.32. The Labute approximate surface area is 105 Å². The van der Waals surface area contributed by atoms with Gasteiger partial charge < -0.3 is 20.9 Å². The number of pyridine rings is 1. The monoisotopic (exact) mass is 251 g/mol. The molecule has 1 aliphatic rings. The number of aromatic nitrogens is 1. The number of rotatable bonds is 4. The first-order valence-corrected chi connectivity index (χ1v) is 5.90. The summed E-state index contributed by atoms with van der Waals surface area (Å²) in [7, 11) is 1.68. The molecule has 6 nitrogen and oxygen atoms in total. The highest BCUT2D eigenvalue weighted by Crippen LogP contribution is 2.27. The van der Waals surface area contributed by atoms with E-state index in [-0.39, 0.29) is 23.4 Å². The van der Waals surface area contributed by atoms with Crippen LogP contribution in [-0.4, -0.2) is 35.3 Å². The number of methoxy groups -OCH3 is 1. The van der Waals surface area contributed by atoms with Gasteiger partial charge in [-0.2, -0.15) is 0 Å². The Hall–Kier alpha value is -1.82. The maximum atomic E-state index is 11.0. The van der Waals surface area contributed by atoms with Crippen molar-refractivity contribution in [2.45, 2.75) is 31.4 Å². The van der Waals surface area contributed by atoms with Crippen LogP contribution in [0.25, 0.3) is 0 Å². The SMILES string of the molecule is COC1CCCC1Nc1nccc(C(=O)O)c1N. The highest BCUT2D eigenvalue weighted by atomic mass is 16.5. The first-order chi connectivity index (χ1) is 8.63. The molecule has 0 amide bonds. The van der Waals surface area contributed by atoms with Crippen molar-refractivity contribution in [3.63, 3.8) is 0 Å². The van der Waals surface area contributed by atoms with Gasteiger partial charge in [0, 0.05) is 13.3 Å². The zero-order valence-electron chi connectivity index (χ0n) is 10.2. The van der Waals surface area contributed by atoms with E-state index in [2.05, 4.69) is 10.3 Å². The van der Waals surface area contributed by atoms with Crippen molar-refractivity contribution in [3.05, 3.63) is 17.8 Å². The third-order valence-corrected chi connectivity index (χ3v) is 3.30. The second-order valence-electron chi connectivity index (χ2n) is 4.38. The Morgan fingerprint density at radius 3 is 3.06 bits per heavy atom. The van der Waals surface area contributed by atoms with E-state index in [1.54, 1.807) is 7.11 Å². The van der Waals surface area contributed by atoms with Gasteiger partial charge in [0.05, 0.1) is 23.4 Å². The molecule has 18 heavy (non-hydrogen) atoms. The third-order valence-electron chi connectivity index (χ3n) is 3.30. The number of nitrogen functional groups attached to an aromatic ring is 1. The molecule has 6 heteroatoms. The molecular formula is C12H17N3O3. The van der Waals surface area contributed by atoms with Gasteiger partial charge in [0.1, 0.15) is 5.82 Å². The highest BCUT2D eigenvalue weighted by molar-refractivity contribution is 5.96. The molecule has 1 aromatic heterocycles. The molecule has 1 aliphatic carbocycles. The lowest BCUT2D eigenvalue weighted by Crippen LogP contribution is -2.30. The Morgan fingerprint density at radius 1 is 1.61 bits per heavy atom. The number of hydrogen-bond donors (Lipinski definition) is 3. The van der Waals surface area contributed by atoms with Crippen LogP contribution >= 0.6 is 0 Å². The average molecular weight is 251 g/mol. The zero-order valence-corrected chi connectivity index (χ0v) is 10.2. The van der Waals surface area contributed by atoms with Crippen LogP contribution < -0.4 is 11.1 Å². The third kappa shape index (κ3) is 2.38. The molecule has 0 aliphatic heterocycles. The number of aromatic carboxylic acids is 1. The van der Waals surface area contributed by atoms with E-state index in [0.717, 1.165) is 19.3 Å². The number of nitrogens with zero attached hydrogens (tertiary/aromatic N) is 1. The number of carbonyl (C=O) groups is 1. The lowest BCUT2D eigenvalue weighted by molar-refractivity contribution is 0.0698. The van der Waals surface area contributed by atoms with Crippen molar-refractivity contribution >= 4 is 17.5 Å². The second-order valence-corrected chi connectivity index (χ2v) is 4.38. The summed E-state index contributed by atoms with van der Waals surface area (Å²) >= 11 is 0. The number of nitrogens with one attached hydrogen (secondary N) is 1. The maximum absolute atomic E-state index is 11.0. The van der Waals surface area contributed by atoms with Crippen LogP contribution in [0.1, 0.15) is 29.6 Å². The molecule has 0 bridgehead atoms. The zero-order chi connectivity index (χ0) is 13.1. The van der Waals surface area contributed by atoms with Crippen molar-refractivity contribution in [3.8, 4) is 0 Å². The Bertz CT molecular complexity index is 450. The van der Waals surface area contributed by atoms with E-state index in [1.807, 2.05) is 0 Å². The van der Waals surface area contributed by atoms with Gasteiger partial charge in [0.25, 0.3) is 0 Å². The van der Waals surface area contributed by atoms with E-state index >= 15 is 0 Å². The maximum Gasteiger partial charge on any atom is 0.337 e. The molecule has 0 radical (unpaired) electrons. The molecule has 2 unspecified atom stereocenters. The van der Waals surface area contributed by atoms with Crippen LogP contribution in [0.5, 0.6) is 0 Å². The smallest absolute Gasteiger partial charge is 0.337 e. The predicted molar refractivity (Wildman–Crippen MR) is 67.7 cm³/mol. The summed E-state index contributed by atoms with van der Waals surface area (Å²) < 4.78 is 5.37. The Balaban J connectivity index is 2.19. The van der Waals surface area contributed by atoms with E-state index in [0.29, 0.717) is 5.82 Å². The summed E-state index contributed by atoms with van der Waals surface area (Å²) in [5.41, 5.74) is 6.04. The number of carboxylic acid groups (broad SMARTS) is 1. The Morgan fingerprint density at radius 2 is 2.39 bits per heavy atom. The first-order valence-electron chi connectivity index (χ1n) is 5.90. The van der Waals surface area contributed by atoms with Gasteiger partial charge in [-0.3, -0.25) is 0 Å². The minimum absolute atomic E-state index is 0.0689. The molecule has 98 valence electrons. The molecule has 0 saturated heterocycles. The minimum Gasteiger partial charge on any atom is -0.478 e. The fraction of sp³-hybridized carbons (Fsp3) is 0.500. The van der Waals surface area contributed by atoms with Crippen molar-refractivity contribution in [2.24, 2.45) is 0 Å². The van der Waals surface area contributed by atoms with Gasteiger partial charge in [-0.05, 0) is 25.3 Å². The second kappa shape index (κ2) is 5.22. The van der Waals surface area contributed by atoms with E-state index in [9.17, 15) is 4.79 Å². The molecule has 2 rings (SSSR count). The molecule has 1 saturated carbocycles. The van der Waals surface area contributed by atoms with Crippen LogP contribution in [0.2, 0.25) is 0 Å². The predicted octanol–water partition coefficient (Wildman–Crippen LogP) is 1.34. The fourth-order valence-corrected chi connectivity index (χ4v) is 2.32. The van der Waals surface area contributed by atoms with E-state index in [1.165, 1.54) is 12.3 Å². The quantitative estimate of drug-likeness (QED) is 0.747. The number of nitrogens with two attached hydrogens (primary N) is 1. The standard InChI is InChI=1S/C12H17N3O3/c1-18-9-4-2-3-8(9)15-11-10(13)7(12(16)17)5-6-14-11/h5-6,8-9H,2-4,13H2,1H3,(H,14,15)(H,16,17). The molecule has 4 N–H and O–H groups in total. The molecule has 1 heterocycles. The number of carboxylic acids is 1. The molecule has 2 atom stereocenters. The van der Waals surface area contributed by atoms with Gasteiger partial charge in [0.2, 0.25) is 0 Å². The molecule has 0 spiro atoms. The van der Waals surface area contributed by atoms with Crippen molar-refractivity contribution in [1.29, 1.82) is 0 Å². The summed E-state index contributed by atoms with van der Waals surface area (Å²) in [6.07, 6.45) is 4.61. The summed E-state index contributed by atoms with van der Waals surface area (Å²) in [5, 5.41) is 12.2. The molecule has 0 aromatic carbocycles. The van der Waals surface area contributed by atoms with Crippen molar-refractivity contribution < 1.29 is 14.6 Å². The van der Waals surface area contributed by atoms with E-state index in [4.69, 9.17) is 15.6 Å². The van der Waals surface area contributed by atoms with E-state index < -0.39 is 5.97 Å². The summed E-state index contributed by atoms with van der Waals surface area (Å²) in [6.45, 7) is 0. The molecule has 1 aromatic rings. The van der Waals surface area contributed by atoms with Gasteiger partial charge in [0.15, 0.2) is 0 Å². The summed E-state index contributed by atoms with van der Waals surface area (Å²) in [6, 6.07) is 1.53. The topological polar surface area (TPSA) is 97.5 Å². The lowest BCUT2D eigenvalue weighted by Gasteiger charge is -2.21. The van der Waals surface area contributed by atoms with Gasteiger partial charge in [-0.15, -0.1) is 0 Å². The normalized spacial score (nSPS) is 22.9. The molecule has 1 fully saturated rings. The van der Waals surface area contributed by atoms with Crippen LogP contribution in [0, 0.1) is 0 Å². The molecular weight excluding hydrogens is 234 g/mol. The first kappa shape index (κ1) is 12.6. The summed E-state index contributed by atoms with van der Waals surface area (Å²) in [5.74, 6) is -0.628. The van der Waals surface area contributed by atoms with Crippen LogP contribution in [-0.2, 0) is 4.74 Å². The van der Waals surface area contributed by atoms with Crippen LogP contribution in [0.4, 0.5) is 11.5 Å². The number of ether oxygens (including phenoxy) is 1. The summed E-state index contributed by atoms with van der Waals surface area (Å²) in [4.78, 5) is 15.1. The Kier molecular flexibility index (Phi) is 3.66. The largest absolute Gasteiger partial charge is 0.478 e. The van der Waals surface area contributed by atoms with Crippen LogP contribution in [0.15, 0.2) is 12.3 Å². The van der Waals surface area contributed by atoms with Crippen molar-refractivity contribution in [1.82, 2.24) is 4.98 Å².